The van der Waals surface area contributed by atoms with E-state index < -0.39 is 22.8 Å². The number of aryl methyl sites for hydroxylation is 1. The lowest BCUT2D eigenvalue weighted by atomic mass is 10.1. The summed E-state index contributed by atoms with van der Waals surface area (Å²) in [7, 11) is 1.49. The standard InChI is InChI=1S/C21H18ClN3O5/c1-13-8-10-18(20(23-13)25(27)28)30-19(14-6-4-3-5-7-14)21(26)24-15-9-11-17(29-2)16(22)12-15/h3-12,19H,1-2H3,(H,24,26)/t19-/m1/s1. The lowest BCUT2D eigenvalue weighted by Gasteiger charge is -2.19. The van der Waals surface area contributed by atoms with Gasteiger partial charge in [0.15, 0.2) is 0 Å². The summed E-state index contributed by atoms with van der Waals surface area (Å²) in [6.07, 6.45) is -1.16. The first kappa shape index (κ1) is 21.1. The van der Waals surface area contributed by atoms with Gasteiger partial charge in [-0.3, -0.25) is 4.79 Å². The highest BCUT2D eigenvalue weighted by atomic mass is 35.5. The molecule has 30 heavy (non-hydrogen) atoms. The SMILES string of the molecule is COc1ccc(NC(=O)[C@H](Oc2ccc(C)nc2[N+](=O)[O-])c2ccccc2)cc1Cl. The molecule has 0 radical (unpaired) electrons. The normalized spacial score (nSPS) is 11.4. The van der Waals surface area contributed by atoms with E-state index in [1.807, 2.05) is 0 Å². The molecule has 1 heterocycles. The smallest absolute Gasteiger partial charge is 0.406 e. The van der Waals surface area contributed by atoms with Crippen molar-refractivity contribution < 1.29 is 19.2 Å². The van der Waals surface area contributed by atoms with Crippen LogP contribution in [0.25, 0.3) is 0 Å². The van der Waals surface area contributed by atoms with Crippen LogP contribution >= 0.6 is 11.6 Å². The minimum absolute atomic E-state index is 0.109. The van der Waals surface area contributed by atoms with Gasteiger partial charge >= 0.3 is 5.82 Å². The molecule has 9 heteroatoms. The Kier molecular flexibility index (Phi) is 6.48. The van der Waals surface area contributed by atoms with E-state index in [9.17, 15) is 14.9 Å². The second-order valence-electron chi connectivity index (χ2n) is 6.28. The van der Waals surface area contributed by atoms with E-state index >= 15 is 0 Å². The summed E-state index contributed by atoms with van der Waals surface area (Å²) in [5.41, 5.74) is 1.40. The molecule has 1 amide bonds. The largest absolute Gasteiger partial charge is 0.495 e. The molecule has 0 aliphatic carbocycles. The van der Waals surface area contributed by atoms with Crippen LogP contribution in [0.15, 0.2) is 60.7 Å². The molecule has 1 atom stereocenters. The number of rotatable bonds is 7. The van der Waals surface area contributed by atoms with Crippen LogP contribution in [-0.2, 0) is 4.79 Å². The number of nitrogens with zero attached hydrogens (tertiary/aromatic N) is 2. The molecule has 3 rings (SSSR count). The molecular weight excluding hydrogens is 410 g/mol. The molecule has 0 aliphatic rings. The summed E-state index contributed by atoms with van der Waals surface area (Å²) < 4.78 is 10.9. The van der Waals surface area contributed by atoms with Crippen molar-refractivity contribution in [2.45, 2.75) is 13.0 Å². The zero-order valence-electron chi connectivity index (χ0n) is 16.2. The Bertz CT molecular complexity index is 1080. The molecule has 0 saturated carbocycles. The number of pyridine rings is 1. The fourth-order valence-electron chi connectivity index (χ4n) is 2.73. The van der Waals surface area contributed by atoms with E-state index in [4.69, 9.17) is 21.1 Å². The van der Waals surface area contributed by atoms with Crippen molar-refractivity contribution in [1.82, 2.24) is 4.98 Å². The highest BCUT2D eigenvalue weighted by Crippen LogP contribution is 2.31. The zero-order valence-corrected chi connectivity index (χ0v) is 16.9. The third-order valence-corrected chi connectivity index (χ3v) is 4.45. The highest BCUT2D eigenvalue weighted by Gasteiger charge is 2.27. The quantitative estimate of drug-likeness (QED) is 0.432. The summed E-state index contributed by atoms with van der Waals surface area (Å²) in [4.78, 5) is 27.7. The van der Waals surface area contributed by atoms with Gasteiger partial charge in [0.2, 0.25) is 11.9 Å². The number of hydrogen-bond donors (Lipinski definition) is 1. The number of nitro groups is 1. The maximum Gasteiger partial charge on any atom is 0.406 e. The van der Waals surface area contributed by atoms with Gasteiger partial charge in [0.25, 0.3) is 5.91 Å². The van der Waals surface area contributed by atoms with Gasteiger partial charge in [0.05, 0.1) is 12.1 Å². The third-order valence-electron chi connectivity index (χ3n) is 4.16. The molecule has 2 aromatic carbocycles. The Morgan fingerprint density at radius 1 is 1.13 bits per heavy atom. The number of aromatic nitrogens is 1. The first-order valence-corrected chi connectivity index (χ1v) is 9.25. The van der Waals surface area contributed by atoms with Gasteiger partial charge in [0.1, 0.15) is 11.4 Å². The monoisotopic (exact) mass is 427 g/mol. The van der Waals surface area contributed by atoms with Crippen LogP contribution < -0.4 is 14.8 Å². The van der Waals surface area contributed by atoms with E-state index in [1.54, 1.807) is 55.5 Å². The molecule has 0 bridgehead atoms. The van der Waals surface area contributed by atoms with Crippen LogP contribution in [0.4, 0.5) is 11.5 Å². The molecular formula is C21H18ClN3O5. The minimum atomic E-state index is -1.16. The van der Waals surface area contributed by atoms with Crippen molar-refractivity contribution in [2.24, 2.45) is 0 Å². The summed E-state index contributed by atoms with van der Waals surface area (Å²) in [6.45, 7) is 1.63. The predicted molar refractivity (Wildman–Crippen MR) is 112 cm³/mol. The third kappa shape index (κ3) is 4.84. The molecule has 0 saturated heterocycles. The topological polar surface area (TPSA) is 104 Å². The Hall–Kier alpha value is -3.65. The fraction of sp³-hybridized carbons (Fsp3) is 0.143. The lowest BCUT2D eigenvalue weighted by molar-refractivity contribution is -0.390. The van der Waals surface area contributed by atoms with Crippen molar-refractivity contribution in [3.63, 3.8) is 0 Å². The predicted octanol–water partition coefficient (Wildman–Crippen LogP) is 4.72. The molecule has 8 nitrogen and oxygen atoms in total. The van der Waals surface area contributed by atoms with Crippen molar-refractivity contribution in [1.29, 1.82) is 0 Å². The van der Waals surface area contributed by atoms with Crippen molar-refractivity contribution in [3.05, 3.63) is 87.1 Å². The Morgan fingerprint density at radius 2 is 1.83 bits per heavy atom. The molecule has 0 fully saturated rings. The number of nitrogens with one attached hydrogen (secondary N) is 1. The van der Waals surface area contributed by atoms with Crippen molar-refractivity contribution >= 4 is 29.0 Å². The Labute approximate surface area is 177 Å². The van der Waals surface area contributed by atoms with E-state index in [0.29, 0.717) is 27.7 Å². The average molecular weight is 428 g/mol. The maximum atomic E-state index is 13.0. The van der Waals surface area contributed by atoms with Gasteiger partial charge < -0.3 is 24.9 Å². The van der Waals surface area contributed by atoms with E-state index in [1.165, 1.54) is 19.2 Å². The number of carbonyl (C=O) groups excluding carboxylic acids is 1. The molecule has 1 N–H and O–H groups in total. The van der Waals surface area contributed by atoms with Crippen molar-refractivity contribution in [2.75, 3.05) is 12.4 Å². The van der Waals surface area contributed by atoms with Crippen LogP contribution in [0.3, 0.4) is 0 Å². The van der Waals surface area contributed by atoms with Gasteiger partial charge in [-0.15, -0.1) is 0 Å². The minimum Gasteiger partial charge on any atom is -0.495 e. The number of methoxy groups -OCH3 is 1. The first-order chi connectivity index (χ1) is 14.4. The lowest BCUT2D eigenvalue weighted by Crippen LogP contribution is -2.26. The van der Waals surface area contributed by atoms with E-state index in [2.05, 4.69) is 10.3 Å². The molecule has 3 aromatic rings. The molecule has 0 spiro atoms. The number of ether oxygens (including phenoxy) is 2. The maximum absolute atomic E-state index is 13.0. The average Bonchev–Trinajstić information content (AvgIpc) is 2.73. The summed E-state index contributed by atoms with van der Waals surface area (Å²) in [5.74, 6) is -0.636. The van der Waals surface area contributed by atoms with Gasteiger partial charge in [-0.1, -0.05) is 41.9 Å². The Balaban J connectivity index is 1.93. The number of anilines is 1. The number of halogens is 1. The van der Waals surface area contributed by atoms with Gasteiger partial charge in [-0.25, -0.2) is 0 Å². The van der Waals surface area contributed by atoms with Crippen LogP contribution in [0.2, 0.25) is 5.02 Å². The van der Waals surface area contributed by atoms with Crippen LogP contribution in [0.5, 0.6) is 11.5 Å². The summed E-state index contributed by atoms with van der Waals surface area (Å²) >= 11 is 6.12. The van der Waals surface area contributed by atoms with Gasteiger partial charge in [-0.05, 0) is 40.2 Å². The van der Waals surface area contributed by atoms with Gasteiger partial charge in [-0.2, -0.15) is 0 Å². The Morgan fingerprint density at radius 3 is 2.47 bits per heavy atom. The van der Waals surface area contributed by atoms with E-state index in [-0.39, 0.29) is 5.75 Å². The number of benzene rings is 2. The highest BCUT2D eigenvalue weighted by molar-refractivity contribution is 6.32. The second kappa shape index (κ2) is 9.23. The zero-order chi connectivity index (χ0) is 21.7. The van der Waals surface area contributed by atoms with E-state index in [0.717, 1.165) is 0 Å². The first-order valence-electron chi connectivity index (χ1n) is 8.87. The summed E-state index contributed by atoms with van der Waals surface area (Å²) in [5, 5.41) is 14.4. The van der Waals surface area contributed by atoms with Crippen molar-refractivity contribution in [3.8, 4) is 11.5 Å². The second-order valence-corrected chi connectivity index (χ2v) is 6.69. The van der Waals surface area contributed by atoms with Crippen LogP contribution in [-0.4, -0.2) is 22.9 Å². The molecule has 1 aromatic heterocycles. The fourth-order valence-corrected chi connectivity index (χ4v) is 2.99. The van der Waals surface area contributed by atoms with Crippen LogP contribution in [0, 0.1) is 17.0 Å². The van der Waals surface area contributed by atoms with Gasteiger partial charge in [0, 0.05) is 18.2 Å². The van der Waals surface area contributed by atoms with Crippen LogP contribution in [0.1, 0.15) is 17.4 Å². The molecule has 0 unspecified atom stereocenters. The number of hydrogen-bond acceptors (Lipinski definition) is 6. The molecule has 0 aliphatic heterocycles. The molecule has 154 valence electrons. The number of amides is 1. The number of carbonyl (C=O) groups is 1. The summed E-state index contributed by atoms with van der Waals surface area (Å²) in [6, 6.07) is 16.4.